The molecular formula is C67H57IN6S. The van der Waals surface area contributed by atoms with E-state index < -0.39 is 0 Å². The predicted octanol–water partition coefficient (Wildman–Crippen LogP) is 18.8. The van der Waals surface area contributed by atoms with Crippen LogP contribution in [0.15, 0.2) is 182 Å². The van der Waals surface area contributed by atoms with Crippen LogP contribution in [0, 0.1) is 3.57 Å². The van der Waals surface area contributed by atoms with Gasteiger partial charge in [-0.3, -0.25) is 0 Å². The van der Waals surface area contributed by atoms with E-state index in [4.69, 9.17) is 24.9 Å². The fraction of sp³-hybridized carbons (Fsp3) is 0.179. The minimum Gasteiger partial charge on any atom is -0.308 e. The second-order valence-corrected chi connectivity index (χ2v) is 22.0. The van der Waals surface area contributed by atoms with Crippen LogP contribution in [0.4, 0.5) is 0 Å². The zero-order valence-electron chi connectivity index (χ0n) is 42.7. The third-order valence-corrected chi connectivity index (χ3v) is 16.2. The van der Waals surface area contributed by atoms with Crippen molar-refractivity contribution >= 4 is 75.9 Å². The predicted molar refractivity (Wildman–Crippen MR) is 324 cm³/mol. The third-order valence-electron chi connectivity index (χ3n) is 14.4. The number of para-hydroxylation sites is 1. The maximum absolute atomic E-state index is 5.63. The molecule has 0 radical (unpaired) electrons. The molecule has 8 heteroatoms. The number of thiophene rings is 1. The highest BCUT2D eigenvalue weighted by atomic mass is 127. The van der Waals surface area contributed by atoms with Crippen molar-refractivity contribution in [1.82, 2.24) is 29.5 Å². The number of nitrogens with zero attached hydrogens (tertiary/aromatic N) is 6. The van der Waals surface area contributed by atoms with E-state index in [0.29, 0.717) is 23.3 Å². The zero-order chi connectivity index (χ0) is 50.8. The van der Waals surface area contributed by atoms with E-state index in [1.807, 2.05) is 23.5 Å². The van der Waals surface area contributed by atoms with Crippen LogP contribution >= 0.6 is 33.9 Å². The van der Waals surface area contributed by atoms with Gasteiger partial charge in [0.05, 0.1) is 28.1 Å². The van der Waals surface area contributed by atoms with E-state index in [0.717, 1.165) is 123 Å². The molecule has 4 aromatic heterocycles. The molecule has 75 heavy (non-hydrogen) atoms. The van der Waals surface area contributed by atoms with Gasteiger partial charge in [-0.15, -0.1) is 11.3 Å². The number of aromatic nitrogens is 6. The molecule has 0 N–H and O–H groups in total. The van der Waals surface area contributed by atoms with Gasteiger partial charge >= 0.3 is 0 Å². The van der Waals surface area contributed by atoms with Crippen molar-refractivity contribution in [2.75, 3.05) is 0 Å². The lowest BCUT2D eigenvalue weighted by atomic mass is 9.98. The highest BCUT2D eigenvalue weighted by Crippen LogP contribution is 2.45. The molecule has 0 unspecified atom stereocenters. The molecule has 12 aromatic rings. The molecule has 368 valence electrons. The van der Waals surface area contributed by atoms with Gasteiger partial charge in [0.15, 0.2) is 23.3 Å². The molecule has 0 aliphatic carbocycles. The number of halogens is 1. The molecule has 8 aromatic carbocycles. The first-order valence-corrected chi connectivity index (χ1v) is 28.5. The summed E-state index contributed by atoms with van der Waals surface area (Å²) in [4.78, 5) is 27.4. The Balaban J connectivity index is 1.16. The monoisotopic (exact) mass is 1100 g/mol. The standard InChI is InChI=1S/C67H57IN6S/c1-4-7-20-43-35-44(21-8-5-2)37-49(36-43)65-71-66(50-38-45(22-9-6-3)39-51(68)40-50)73-67(72-65)55-41-48(64-69-56(46-23-12-10-13-24-46)42-57(70-64)47-25-14-11-15-26-47)31-33-59(55)74-58-29-18-16-28-54(58)62-60(74)34-32-53-52-27-17-19-30-61(52)75-63(53)62/h10-19,23-42H,4-9,20-22H2,1-3H3. The molecule has 0 atom stereocenters. The smallest absolute Gasteiger partial charge is 0.166 e. The van der Waals surface area contributed by atoms with Crippen LogP contribution < -0.4 is 0 Å². The fourth-order valence-electron chi connectivity index (χ4n) is 10.6. The normalized spacial score (nSPS) is 11.7. The number of fused-ring (bicyclic) bond motifs is 7. The van der Waals surface area contributed by atoms with Crippen molar-refractivity contribution in [2.45, 2.75) is 78.6 Å². The van der Waals surface area contributed by atoms with Gasteiger partial charge in [0.2, 0.25) is 0 Å². The van der Waals surface area contributed by atoms with Crippen LogP contribution in [0.5, 0.6) is 0 Å². The van der Waals surface area contributed by atoms with Crippen molar-refractivity contribution in [2.24, 2.45) is 0 Å². The zero-order valence-corrected chi connectivity index (χ0v) is 45.6. The number of unbranched alkanes of at least 4 members (excludes halogenated alkanes) is 3. The number of rotatable bonds is 16. The van der Waals surface area contributed by atoms with Gasteiger partial charge in [0.1, 0.15) is 0 Å². The lowest BCUT2D eigenvalue weighted by Gasteiger charge is -2.17. The fourth-order valence-corrected chi connectivity index (χ4v) is 12.6. The number of hydrogen-bond acceptors (Lipinski definition) is 6. The van der Waals surface area contributed by atoms with Gasteiger partial charge in [0, 0.05) is 67.9 Å². The van der Waals surface area contributed by atoms with Crippen LogP contribution in [0.2, 0.25) is 0 Å². The first-order valence-electron chi connectivity index (χ1n) is 26.6. The highest BCUT2D eigenvalue weighted by molar-refractivity contribution is 14.1. The summed E-state index contributed by atoms with van der Waals surface area (Å²) < 4.78 is 6.15. The summed E-state index contributed by atoms with van der Waals surface area (Å²) in [5.74, 6) is 2.53. The Kier molecular flexibility index (Phi) is 13.9. The van der Waals surface area contributed by atoms with Crippen molar-refractivity contribution in [3.63, 3.8) is 0 Å². The Hall–Kier alpha value is -7.40. The largest absolute Gasteiger partial charge is 0.308 e. The average molecular weight is 1110 g/mol. The summed E-state index contributed by atoms with van der Waals surface area (Å²) >= 11 is 4.33. The highest BCUT2D eigenvalue weighted by Gasteiger charge is 2.24. The summed E-state index contributed by atoms with van der Waals surface area (Å²) in [5, 5.41) is 4.99. The van der Waals surface area contributed by atoms with Gasteiger partial charge in [-0.1, -0.05) is 149 Å². The SMILES string of the molecule is CCCCc1cc(I)cc(-c2nc(-c3cc(CCCC)cc(CCCC)c3)nc(-c3cc(-c4nc(-c5ccccc5)cc(-c5ccccc5)n4)ccc3-n3c4ccccc4c4c5sc6ccccc6c5ccc43)n2)c1. The second kappa shape index (κ2) is 21.4. The Morgan fingerprint density at radius 2 is 0.960 bits per heavy atom. The topological polar surface area (TPSA) is 69.4 Å². The van der Waals surface area contributed by atoms with Gasteiger partial charge in [-0.05, 0) is 151 Å². The number of benzene rings is 8. The van der Waals surface area contributed by atoms with Gasteiger partial charge in [0.25, 0.3) is 0 Å². The molecule has 12 rings (SSSR count). The molecule has 0 saturated heterocycles. The van der Waals surface area contributed by atoms with Crippen LogP contribution in [0.3, 0.4) is 0 Å². The van der Waals surface area contributed by atoms with E-state index in [2.05, 4.69) is 218 Å². The molecule has 4 heterocycles. The summed E-state index contributed by atoms with van der Waals surface area (Å²) in [7, 11) is 0. The molecule has 0 saturated carbocycles. The maximum atomic E-state index is 5.63. The van der Waals surface area contributed by atoms with Crippen LogP contribution in [0.1, 0.15) is 76.0 Å². The van der Waals surface area contributed by atoms with E-state index in [1.54, 1.807) is 0 Å². The Morgan fingerprint density at radius 1 is 0.413 bits per heavy atom. The van der Waals surface area contributed by atoms with Gasteiger partial charge in [-0.2, -0.15) is 0 Å². The number of hydrogen-bond donors (Lipinski definition) is 0. The first kappa shape index (κ1) is 48.5. The summed E-state index contributed by atoms with van der Waals surface area (Å²) in [6.45, 7) is 6.78. The third kappa shape index (κ3) is 9.78. The van der Waals surface area contributed by atoms with Gasteiger partial charge < -0.3 is 4.57 Å². The minimum absolute atomic E-state index is 0.589. The van der Waals surface area contributed by atoms with E-state index >= 15 is 0 Å². The summed E-state index contributed by atoms with van der Waals surface area (Å²) in [6.07, 6.45) is 9.73. The van der Waals surface area contributed by atoms with E-state index in [-0.39, 0.29) is 0 Å². The van der Waals surface area contributed by atoms with Gasteiger partial charge in [-0.25, -0.2) is 24.9 Å². The van der Waals surface area contributed by atoms with Crippen molar-refractivity contribution in [3.8, 4) is 73.8 Å². The Morgan fingerprint density at radius 3 is 1.60 bits per heavy atom. The molecule has 0 spiro atoms. The second-order valence-electron chi connectivity index (χ2n) is 19.7. The maximum Gasteiger partial charge on any atom is 0.166 e. The van der Waals surface area contributed by atoms with Crippen molar-refractivity contribution in [1.29, 1.82) is 0 Å². The average Bonchev–Trinajstić information content (AvgIpc) is 4.06. The molecule has 0 aliphatic heterocycles. The molecular weight excluding hydrogens is 1050 g/mol. The first-order chi connectivity index (χ1) is 36.9. The summed E-state index contributed by atoms with van der Waals surface area (Å²) in [5.41, 5.74) is 14.6. The van der Waals surface area contributed by atoms with E-state index in [1.165, 1.54) is 47.6 Å². The van der Waals surface area contributed by atoms with Crippen molar-refractivity contribution in [3.05, 3.63) is 202 Å². The summed E-state index contributed by atoms with van der Waals surface area (Å²) in [6, 6.07) is 65.6. The Bertz CT molecular complexity index is 3960. The molecule has 0 amide bonds. The van der Waals surface area contributed by atoms with E-state index in [9.17, 15) is 0 Å². The Labute approximate surface area is 456 Å². The van der Waals surface area contributed by atoms with Crippen LogP contribution in [-0.2, 0) is 19.3 Å². The lowest BCUT2D eigenvalue weighted by molar-refractivity contribution is 0.780. The quantitative estimate of drug-likeness (QED) is 0.0902. The number of aryl methyl sites for hydroxylation is 3. The molecule has 6 nitrogen and oxygen atoms in total. The van der Waals surface area contributed by atoms with Crippen LogP contribution in [0.25, 0.3) is 116 Å². The molecule has 0 aliphatic rings. The molecule has 0 bridgehead atoms. The van der Waals surface area contributed by atoms with Crippen LogP contribution in [-0.4, -0.2) is 29.5 Å². The minimum atomic E-state index is 0.589. The van der Waals surface area contributed by atoms with Crippen molar-refractivity contribution < 1.29 is 0 Å². The molecule has 0 fully saturated rings. The lowest BCUT2D eigenvalue weighted by Crippen LogP contribution is -2.05.